The molecule has 0 amide bonds. The third-order valence-electron chi connectivity index (χ3n) is 3.86. The first-order chi connectivity index (χ1) is 10.8. The van der Waals surface area contributed by atoms with Gasteiger partial charge in [-0.15, -0.1) is 0 Å². The highest BCUT2D eigenvalue weighted by molar-refractivity contribution is 7.81. The van der Waals surface area contributed by atoms with Crippen LogP contribution in [0.1, 0.15) is 22.6 Å². The van der Waals surface area contributed by atoms with Crippen molar-refractivity contribution >= 4 is 17.1 Å². The second-order valence-corrected chi connectivity index (χ2v) is 5.82. The second-order valence-electron chi connectivity index (χ2n) is 5.38. The lowest BCUT2D eigenvalue weighted by Crippen LogP contribution is -2.14. The largest absolute Gasteiger partial charge is 0.0836 e. The first-order valence-corrected chi connectivity index (χ1v) is 7.93. The zero-order chi connectivity index (χ0) is 15.2. The molecule has 0 nitrogen and oxygen atoms in total. The molecule has 0 radical (unpaired) electrons. The fourth-order valence-electron chi connectivity index (χ4n) is 2.70. The molecule has 0 saturated carbocycles. The Morgan fingerprint density at radius 1 is 0.682 bits per heavy atom. The average molecular weight is 302 g/mol. The summed E-state index contributed by atoms with van der Waals surface area (Å²) in [4.78, 5) is 1.01. The lowest BCUT2D eigenvalue weighted by atomic mass is 9.86. The van der Waals surface area contributed by atoms with Crippen LogP contribution in [0.2, 0.25) is 0 Å². The molecule has 3 aromatic rings. The maximum Gasteiger partial charge on any atom is 0.0302 e. The van der Waals surface area contributed by atoms with Crippen LogP contribution in [0.5, 0.6) is 0 Å². The number of hydrogen-bond acceptors (Lipinski definition) is 1. The first-order valence-electron chi connectivity index (χ1n) is 7.53. The lowest BCUT2D eigenvalue weighted by Gasteiger charge is -2.19. The molecular weight excluding hydrogens is 284 g/mol. The predicted octanol–water partition coefficient (Wildman–Crippen LogP) is 5.43. The highest BCUT2D eigenvalue weighted by Gasteiger charge is 2.18. The van der Waals surface area contributed by atoms with Gasteiger partial charge in [-0.05, 0) is 23.1 Å². The standard InChI is InChI=1S/C21H18S/c22-21(19-14-8-3-9-15-19)20(18-12-6-2-7-13-18)16-17-10-4-1-5-11-17/h1-15,20H,16H2. The molecule has 3 rings (SSSR count). The van der Waals surface area contributed by atoms with E-state index in [0.29, 0.717) is 0 Å². The molecule has 0 fully saturated rings. The molecule has 108 valence electrons. The molecule has 0 spiro atoms. The van der Waals surface area contributed by atoms with Gasteiger partial charge < -0.3 is 0 Å². The van der Waals surface area contributed by atoms with Gasteiger partial charge in [-0.1, -0.05) is 103 Å². The van der Waals surface area contributed by atoms with Crippen LogP contribution in [0, 0.1) is 0 Å². The molecule has 0 aliphatic heterocycles. The Kier molecular flexibility index (Phi) is 4.77. The third kappa shape index (κ3) is 3.49. The molecule has 1 unspecified atom stereocenters. The summed E-state index contributed by atoms with van der Waals surface area (Å²) in [6.45, 7) is 0. The Balaban J connectivity index is 1.95. The molecule has 0 aliphatic rings. The van der Waals surface area contributed by atoms with Crippen molar-refractivity contribution in [3.63, 3.8) is 0 Å². The van der Waals surface area contributed by atoms with E-state index in [-0.39, 0.29) is 5.92 Å². The fraction of sp³-hybridized carbons (Fsp3) is 0.0952. The molecule has 0 aromatic heterocycles. The van der Waals surface area contributed by atoms with Crippen molar-refractivity contribution in [2.24, 2.45) is 0 Å². The van der Waals surface area contributed by atoms with Crippen LogP contribution < -0.4 is 0 Å². The maximum absolute atomic E-state index is 5.82. The van der Waals surface area contributed by atoms with Gasteiger partial charge in [0.05, 0.1) is 0 Å². The van der Waals surface area contributed by atoms with E-state index in [1.807, 2.05) is 18.2 Å². The molecule has 0 N–H and O–H groups in total. The van der Waals surface area contributed by atoms with E-state index >= 15 is 0 Å². The summed E-state index contributed by atoms with van der Waals surface area (Å²) in [7, 11) is 0. The Hall–Kier alpha value is -2.25. The van der Waals surface area contributed by atoms with E-state index in [9.17, 15) is 0 Å². The van der Waals surface area contributed by atoms with Gasteiger partial charge in [-0.2, -0.15) is 0 Å². The van der Waals surface area contributed by atoms with Gasteiger partial charge in [0, 0.05) is 10.8 Å². The van der Waals surface area contributed by atoms with Gasteiger partial charge in [0.1, 0.15) is 0 Å². The summed E-state index contributed by atoms with van der Waals surface area (Å²) in [5.74, 6) is 0.223. The van der Waals surface area contributed by atoms with Crippen molar-refractivity contribution in [3.05, 3.63) is 108 Å². The van der Waals surface area contributed by atoms with Crippen LogP contribution in [0.4, 0.5) is 0 Å². The average Bonchev–Trinajstić information content (AvgIpc) is 2.61. The minimum absolute atomic E-state index is 0.223. The Morgan fingerprint density at radius 3 is 1.77 bits per heavy atom. The zero-order valence-electron chi connectivity index (χ0n) is 12.4. The van der Waals surface area contributed by atoms with Crippen molar-refractivity contribution in [2.45, 2.75) is 12.3 Å². The molecule has 1 atom stereocenters. The Bertz CT molecular complexity index is 718. The smallest absolute Gasteiger partial charge is 0.0302 e. The van der Waals surface area contributed by atoms with Crippen molar-refractivity contribution in [3.8, 4) is 0 Å². The molecular formula is C21H18S. The van der Waals surface area contributed by atoms with Crippen molar-refractivity contribution in [2.75, 3.05) is 0 Å². The summed E-state index contributed by atoms with van der Waals surface area (Å²) in [5, 5.41) is 0. The molecule has 0 heterocycles. The number of thiocarbonyl (C=S) groups is 1. The SMILES string of the molecule is S=C(c1ccccc1)C(Cc1ccccc1)c1ccccc1. The third-order valence-corrected chi connectivity index (χ3v) is 4.38. The van der Waals surface area contributed by atoms with Crippen LogP contribution in [-0.4, -0.2) is 4.86 Å². The van der Waals surface area contributed by atoms with Crippen molar-refractivity contribution in [1.82, 2.24) is 0 Å². The highest BCUT2D eigenvalue weighted by Crippen LogP contribution is 2.26. The molecule has 0 saturated heterocycles. The van der Waals surface area contributed by atoms with E-state index < -0.39 is 0 Å². The van der Waals surface area contributed by atoms with Crippen molar-refractivity contribution < 1.29 is 0 Å². The van der Waals surface area contributed by atoms with Crippen LogP contribution in [-0.2, 0) is 6.42 Å². The van der Waals surface area contributed by atoms with Crippen LogP contribution in [0.15, 0.2) is 91.0 Å². The lowest BCUT2D eigenvalue weighted by molar-refractivity contribution is 0.888. The van der Waals surface area contributed by atoms with Gasteiger partial charge in [-0.25, -0.2) is 0 Å². The zero-order valence-corrected chi connectivity index (χ0v) is 13.2. The highest BCUT2D eigenvalue weighted by atomic mass is 32.1. The van der Waals surface area contributed by atoms with E-state index in [1.165, 1.54) is 11.1 Å². The minimum Gasteiger partial charge on any atom is -0.0836 e. The van der Waals surface area contributed by atoms with Gasteiger partial charge in [-0.3, -0.25) is 0 Å². The molecule has 22 heavy (non-hydrogen) atoms. The van der Waals surface area contributed by atoms with E-state index in [0.717, 1.165) is 16.8 Å². The monoisotopic (exact) mass is 302 g/mol. The quantitative estimate of drug-likeness (QED) is 0.447. The normalized spacial score (nSPS) is 11.8. The summed E-state index contributed by atoms with van der Waals surface area (Å²) in [5.41, 5.74) is 3.73. The van der Waals surface area contributed by atoms with Gasteiger partial charge >= 0.3 is 0 Å². The number of hydrogen-bond donors (Lipinski definition) is 0. The number of benzene rings is 3. The van der Waals surface area contributed by atoms with E-state index in [1.54, 1.807) is 0 Å². The molecule has 3 aromatic carbocycles. The first kappa shape index (κ1) is 14.7. The predicted molar refractivity (Wildman–Crippen MR) is 97.5 cm³/mol. The summed E-state index contributed by atoms with van der Waals surface area (Å²) in [6.07, 6.45) is 0.929. The fourth-order valence-corrected chi connectivity index (χ4v) is 3.06. The van der Waals surface area contributed by atoms with Gasteiger partial charge in [0.25, 0.3) is 0 Å². The molecule has 0 aliphatic carbocycles. The van der Waals surface area contributed by atoms with E-state index in [2.05, 4.69) is 72.8 Å². The molecule has 1 heteroatoms. The van der Waals surface area contributed by atoms with Crippen molar-refractivity contribution in [1.29, 1.82) is 0 Å². The second kappa shape index (κ2) is 7.15. The topological polar surface area (TPSA) is 0 Å². The maximum atomic E-state index is 5.82. The summed E-state index contributed by atoms with van der Waals surface area (Å²) >= 11 is 5.82. The summed E-state index contributed by atoms with van der Waals surface area (Å²) < 4.78 is 0. The molecule has 0 bridgehead atoms. The Labute approximate surface area is 137 Å². The minimum atomic E-state index is 0.223. The van der Waals surface area contributed by atoms with Gasteiger partial charge in [0.15, 0.2) is 0 Å². The van der Waals surface area contributed by atoms with Gasteiger partial charge in [0.2, 0.25) is 0 Å². The van der Waals surface area contributed by atoms with Crippen LogP contribution >= 0.6 is 12.2 Å². The number of rotatable bonds is 5. The van der Waals surface area contributed by atoms with Crippen LogP contribution in [0.25, 0.3) is 0 Å². The Morgan fingerprint density at radius 2 is 1.18 bits per heavy atom. The van der Waals surface area contributed by atoms with E-state index in [4.69, 9.17) is 12.2 Å². The van der Waals surface area contributed by atoms with Crippen LogP contribution in [0.3, 0.4) is 0 Å². The summed E-state index contributed by atoms with van der Waals surface area (Å²) in [6, 6.07) is 31.4.